The monoisotopic (exact) mass is 258 g/mol. The number of rotatable bonds is 5. The Labute approximate surface area is 116 Å². The van der Waals surface area contributed by atoms with Crippen molar-refractivity contribution in [2.75, 3.05) is 0 Å². The van der Waals surface area contributed by atoms with Gasteiger partial charge in [-0.15, -0.1) is 0 Å². The zero-order valence-corrected chi connectivity index (χ0v) is 11.9. The maximum Gasteiger partial charge on any atom is 0.0493 e. The van der Waals surface area contributed by atoms with Crippen molar-refractivity contribution in [2.24, 2.45) is 23.6 Å². The van der Waals surface area contributed by atoms with E-state index < -0.39 is 0 Å². The molecule has 1 aromatic rings. The van der Waals surface area contributed by atoms with E-state index >= 15 is 0 Å². The van der Waals surface area contributed by atoms with E-state index in [1.54, 1.807) is 0 Å². The summed E-state index contributed by atoms with van der Waals surface area (Å²) in [4.78, 5) is 0. The van der Waals surface area contributed by atoms with Crippen LogP contribution in [0.3, 0.4) is 0 Å². The Bertz CT molecular complexity index is 417. The molecule has 0 spiro atoms. The summed E-state index contributed by atoms with van der Waals surface area (Å²) in [5.74, 6) is 8.53. The van der Waals surface area contributed by atoms with Gasteiger partial charge in [0.1, 0.15) is 0 Å². The Balaban J connectivity index is 1.77. The van der Waals surface area contributed by atoms with E-state index in [1.807, 2.05) is 0 Å². The molecular weight excluding hydrogens is 232 g/mol. The summed E-state index contributed by atoms with van der Waals surface area (Å²) >= 11 is 0. The molecule has 104 valence electrons. The highest BCUT2D eigenvalue weighted by molar-refractivity contribution is 5.28. The molecule has 0 amide bonds. The third kappa shape index (κ3) is 2.56. The Kier molecular flexibility index (Phi) is 3.90. The molecule has 2 fully saturated rings. The van der Waals surface area contributed by atoms with Gasteiger partial charge in [0.25, 0.3) is 0 Å². The maximum atomic E-state index is 5.87. The Morgan fingerprint density at radius 2 is 2.00 bits per heavy atom. The van der Waals surface area contributed by atoms with Crippen molar-refractivity contribution in [3.05, 3.63) is 35.4 Å². The van der Waals surface area contributed by atoms with Crippen LogP contribution in [0.25, 0.3) is 0 Å². The quantitative estimate of drug-likeness (QED) is 0.626. The molecule has 19 heavy (non-hydrogen) atoms. The van der Waals surface area contributed by atoms with Crippen LogP contribution in [0.15, 0.2) is 24.3 Å². The predicted octanol–water partition coefficient (Wildman–Crippen LogP) is 3.58. The van der Waals surface area contributed by atoms with Crippen LogP contribution in [0.2, 0.25) is 0 Å². The molecule has 3 unspecified atom stereocenters. The largest absolute Gasteiger partial charge is 0.271 e. The molecule has 2 heteroatoms. The third-order valence-corrected chi connectivity index (χ3v) is 5.14. The molecule has 1 aromatic carbocycles. The topological polar surface area (TPSA) is 38.0 Å². The van der Waals surface area contributed by atoms with Gasteiger partial charge in [-0.05, 0) is 48.1 Å². The first kappa shape index (κ1) is 13.1. The molecule has 3 atom stereocenters. The summed E-state index contributed by atoms with van der Waals surface area (Å²) in [6.07, 6.45) is 8.06. The number of benzene rings is 1. The predicted molar refractivity (Wildman–Crippen MR) is 79.4 cm³/mol. The van der Waals surface area contributed by atoms with Crippen molar-refractivity contribution < 1.29 is 0 Å². The number of aryl methyl sites for hydroxylation is 1. The zero-order valence-electron chi connectivity index (χ0n) is 11.9. The van der Waals surface area contributed by atoms with E-state index in [9.17, 15) is 0 Å². The SMILES string of the molecule is CCCc1cccc(C(NN)C2C3CCCCC32)c1. The Hall–Kier alpha value is -0.860. The summed E-state index contributed by atoms with van der Waals surface area (Å²) in [7, 11) is 0. The molecule has 3 rings (SSSR count). The van der Waals surface area contributed by atoms with Crippen LogP contribution in [-0.4, -0.2) is 0 Å². The van der Waals surface area contributed by atoms with E-state index in [-0.39, 0.29) is 0 Å². The van der Waals surface area contributed by atoms with Gasteiger partial charge in [-0.2, -0.15) is 0 Å². The van der Waals surface area contributed by atoms with Crippen molar-refractivity contribution >= 4 is 0 Å². The average molecular weight is 258 g/mol. The van der Waals surface area contributed by atoms with E-state index in [4.69, 9.17) is 5.84 Å². The smallest absolute Gasteiger partial charge is 0.0493 e. The molecule has 0 heterocycles. The van der Waals surface area contributed by atoms with Crippen molar-refractivity contribution in [3.8, 4) is 0 Å². The number of fused-ring (bicyclic) bond motifs is 1. The molecule has 2 aliphatic carbocycles. The fourth-order valence-corrected chi connectivity index (χ4v) is 4.20. The van der Waals surface area contributed by atoms with Crippen molar-refractivity contribution in [1.29, 1.82) is 0 Å². The van der Waals surface area contributed by atoms with Crippen LogP contribution in [0.1, 0.15) is 56.2 Å². The Morgan fingerprint density at radius 3 is 2.63 bits per heavy atom. The van der Waals surface area contributed by atoms with Gasteiger partial charge in [0.2, 0.25) is 0 Å². The second-order valence-electron chi connectivity index (χ2n) is 6.33. The fourth-order valence-electron chi connectivity index (χ4n) is 4.20. The van der Waals surface area contributed by atoms with Gasteiger partial charge in [-0.3, -0.25) is 11.3 Å². The first-order valence-electron chi connectivity index (χ1n) is 7.90. The highest BCUT2D eigenvalue weighted by Gasteiger charge is 2.54. The first-order valence-corrected chi connectivity index (χ1v) is 7.90. The lowest BCUT2D eigenvalue weighted by Gasteiger charge is -2.17. The van der Waals surface area contributed by atoms with Crippen molar-refractivity contribution in [1.82, 2.24) is 5.43 Å². The average Bonchev–Trinajstić information content (AvgIpc) is 3.15. The van der Waals surface area contributed by atoms with Gasteiger partial charge in [0, 0.05) is 6.04 Å². The lowest BCUT2D eigenvalue weighted by Crippen LogP contribution is -2.30. The molecule has 3 N–H and O–H groups in total. The summed E-state index contributed by atoms with van der Waals surface area (Å²) in [5, 5.41) is 0. The summed E-state index contributed by atoms with van der Waals surface area (Å²) in [6.45, 7) is 2.24. The highest BCUT2D eigenvalue weighted by atomic mass is 15.2. The third-order valence-electron chi connectivity index (χ3n) is 5.14. The van der Waals surface area contributed by atoms with Crippen LogP contribution in [-0.2, 0) is 6.42 Å². The minimum absolute atomic E-state index is 0.366. The van der Waals surface area contributed by atoms with E-state index in [2.05, 4.69) is 36.6 Å². The number of nitrogens with one attached hydrogen (secondary N) is 1. The van der Waals surface area contributed by atoms with Crippen LogP contribution >= 0.6 is 0 Å². The second kappa shape index (κ2) is 5.64. The van der Waals surface area contributed by atoms with Crippen LogP contribution < -0.4 is 11.3 Å². The standard InChI is InChI=1S/C17H26N2/c1-2-6-12-7-5-8-13(11-12)17(19-18)16-14-9-3-4-10-15(14)16/h5,7-8,11,14-17,19H,2-4,6,9-10,18H2,1H3. The zero-order chi connectivity index (χ0) is 13.2. The van der Waals surface area contributed by atoms with Crippen molar-refractivity contribution in [2.45, 2.75) is 51.5 Å². The van der Waals surface area contributed by atoms with Gasteiger partial charge >= 0.3 is 0 Å². The van der Waals surface area contributed by atoms with Crippen LogP contribution in [0.5, 0.6) is 0 Å². The number of hydrogen-bond donors (Lipinski definition) is 2. The minimum atomic E-state index is 0.366. The molecular formula is C17H26N2. The van der Waals surface area contributed by atoms with E-state index in [0.29, 0.717) is 6.04 Å². The maximum absolute atomic E-state index is 5.87. The Morgan fingerprint density at radius 1 is 1.26 bits per heavy atom. The molecule has 2 saturated carbocycles. The van der Waals surface area contributed by atoms with Crippen LogP contribution in [0.4, 0.5) is 0 Å². The first-order chi connectivity index (χ1) is 9.35. The summed E-state index contributed by atoms with van der Waals surface area (Å²) in [6, 6.07) is 9.40. The van der Waals surface area contributed by atoms with E-state index in [1.165, 1.54) is 49.7 Å². The van der Waals surface area contributed by atoms with Gasteiger partial charge in [-0.25, -0.2) is 0 Å². The van der Waals surface area contributed by atoms with Gasteiger partial charge < -0.3 is 0 Å². The molecule has 0 aliphatic heterocycles. The lowest BCUT2D eigenvalue weighted by atomic mass is 9.97. The molecule has 0 bridgehead atoms. The van der Waals surface area contributed by atoms with Gasteiger partial charge in [0.05, 0.1) is 0 Å². The molecule has 0 aromatic heterocycles. The highest BCUT2D eigenvalue weighted by Crippen LogP contribution is 2.60. The normalized spacial score (nSPS) is 30.7. The number of hydrogen-bond acceptors (Lipinski definition) is 2. The van der Waals surface area contributed by atoms with Gasteiger partial charge in [-0.1, -0.05) is 50.5 Å². The molecule has 0 radical (unpaired) electrons. The molecule has 0 saturated heterocycles. The van der Waals surface area contributed by atoms with Gasteiger partial charge in [0.15, 0.2) is 0 Å². The summed E-state index contributed by atoms with van der Waals surface area (Å²) in [5.41, 5.74) is 5.95. The molecule has 2 nitrogen and oxygen atoms in total. The van der Waals surface area contributed by atoms with Crippen molar-refractivity contribution in [3.63, 3.8) is 0 Å². The molecule has 2 aliphatic rings. The minimum Gasteiger partial charge on any atom is -0.271 e. The second-order valence-corrected chi connectivity index (χ2v) is 6.33. The lowest BCUT2D eigenvalue weighted by molar-refractivity contribution is 0.456. The number of hydrazine groups is 1. The van der Waals surface area contributed by atoms with E-state index in [0.717, 1.165) is 17.8 Å². The van der Waals surface area contributed by atoms with Crippen LogP contribution in [0, 0.1) is 17.8 Å². The number of nitrogens with two attached hydrogens (primary N) is 1. The summed E-state index contributed by atoms with van der Waals surface area (Å²) < 4.78 is 0. The fraction of sp³-hybridized carbons (Fsp3) is 0.647.